The van der Waals surface area contributed by atoms with Crippen molar-refractivity contribution in [3.63, 3.8) is 0 Å². The largest absolute Gasteiger partial charge is 0.337 e. The van der Waals surface area contributed by atoms with Crippen LogP contribution in [0.4, 0.5) is 0 Å². The number of halogens is 1. The van der Waals surface area contributed by atoms with E-state index in [0.29, 0.717) is 17.4 Å². The average Bonchev–Trinajstić information content (AvgIpc) is 2.86. The van der Waals surface area contributed by atoms with E-state index in [4.69, 9.17) is 10.3 Å². The lowest BCUT2D eigenvalue weighted by Crippen LogP contribution is -2.11. The molecule has 96 valence electrons. The standard InChI is InChI=1S/C11H13BrN4OS/c1-18-5-4-8(13)11-15-10(16-17-11)9-3-2-7(12)6-14-9/h2-3,6,8H,4-5,13H2,1H3. The van der Waals surface area contributed by atoms with Crippen LogP contribution in [0, 0.1) is 0 Å². The summed E-state index contributed by atoms with van der Waals surface area (Å²) in [6.45, 7) is 0. The zero-order valence-electron chi connectivity index (χ0n) is 9.84. The van der Waals surface area contributed by atoms with Crippen LogP contribution >= 0.6 is 27.7 Å². The van der Waals surface area contributed by atoms with Crippen molar-refractivity contribution in [2.45, 2.75) is 12.5 Å². The van der Waals surface area contributed by atoms with Gasteiger partial charge in [0, 0.05) is 10.7 Å². The van der Waals surface area contributed by atoms with Crippen LogP contribution in [0.3, 0.4) is 0 Å². The monoisotopic (exact) mass is 328 g/mol. The van der Waals surface area contributed by atoms with Gasteiger partial charge in [-0.2, -0.15) is 16.7 Å². The smallest absolute Gasteiger partial charge is 0.243 e. The highest BCUT2D eigenvalue weighted by Crippen LogP contribution is 2.19. The third-order valence-corrected chi connectivity index (χ3v) is 3.46. The van der Waals surface area contributed by atoms with Crippen LogP contribution < -0.4 is 5.73 Å². The molecule has 7 heteroatoms. The minimum absolute atomic E-state index is 0.214. The summed E-state index contributed by atoms with van der Waals surface area (Å²) in [6.07, 6.45) is 4.55. The first-order valence-corrected chi connectivity index (χ1v) is 7.59. The Hall–Kier alpha value is -0.920. The van der Waals surface area contributed by atoms with Crippen LogP contribution in [0.5, 0.6) is 0 Å². The molecule has 5 nitrogen and oxygen atoms in total. The van der Waals surface area contributed by atoms with Crippen LogP contribution in [-0.2, 0) is 0 Å². The summed E-state index contributed by atoms with van der Waals surface area (Å²) in [6, 6.07) is 3.49. The molecule has 0 aliphatic heterocycles. The van der Waals surface area contributed by atoms with Gasteiger partial charge in [0.05, 0.1) is 6.04 Å². The van der Waals surface area contributed by atoms with E-state index in [9.17, 15) is 0 Å². The molecule has 0 saturated heterocycles. The number of nitrogens with zero attached hydrogens (tertiary/aromatic N) is 3. The van der Waals surface area contributed by atoms with Gasteiger partial charge < -0.3 is 10.3 Å². The fourth-order valence-electron chi connectivity index (χ4n) is 1.37. The van der Waals surface area contributed by atoms with Crippen LogP contribution in [0.2, 0.25) is 0 Å². The van der Waals surface area contributed by atoms with Gasteiger partial charge in [-0.1, -0.05) is 5.16 Å². The first kappa shape index (κ1) is 13.5. The van der Waals surface area contributed by atoms with E-state index < -0.39 is 0 Å². The van der Waals surface area contributed by atoms with E-state index >= 15 is 0 Å². The van der Waals surface area contributed by atoms with Crippen LogP contribution in [0.1, 0.15) is 18.4 Å². The highest BCUT2D eigenvalue weighted by molar-refractivity contribution is 9.10. The second-order valence-corrected chi connectivity index (χ2v) is 5.61. The van der Waals surface area contributed by atoms with Gasteiger partial charge in [-0.25, -0.2) is 0 Å². The first-order valence-electron chi connectivity index (χ1n) is 5.40. The quantitative estimate of drug-likeness (QED) is 0.909. The van der Waals surface area contributed by atoms with Gasteiger partial charge in [0.15, 0.2) is 0 Å². The van der Waals surface area contributed by atoms with Crippen molar-refractivity contribution >= 4 is 27.7 Å². The number of thioether (sulfide) groups is 1. The molecule has 0 aliphatic carbocycles. The summed E-state index contributed by atoms with van der Waals surface area (Å²) < 4.78 is 6.07. The van der Waals surface area contributed by atoms with Crippen molar-refractivity contribution in [3.8, 4) is 11.5 Å². The fraction of sp³-hybridized carbons (Fsp3) is 0.364. The molecule has 18 heavy (non-hydrogen) atoms. The van der Waals surface area contributed by atoms with E-state index in [-0.39, 0.29) is 6.04 Å². The molecular formula is C11H13BrN4OS. The topological polar surface area (TPSA) is 77.8 Å². The Bertz CT molecular complexity index is 502. The van der Waals surface area contributed by atoms with Gasteiger partial charge in [-0.15, -0.1) is 0 Å². The second-order valence-electron chi connectivity index (χ2n) is 3.71. The minimum atomic E-state index is -0.214. The maximum absolute atomic E-state index is 5.96. The molecule has 1 atom stereocenters. The Labute approximate surface area is 118 Å². The zero-order valence-corrected chi connectivity index (χ0v) is 12.2. The predicted octanol–water partition coefficient (Wildman–Crippen LogP) is 2.65. The number of nitrogens with two attached hydrogens (primary N) is 1. The number of pyridine rings is 1. The summed E-state index contributed by atoms with van der Waals surface area (Å²) in [4.78, 5) is 8.48. The molecule has 2 rings (SSSR count). The highest BCUT2D eigenvalue weighted by Gasteiger charge is 2.15. The Balaban J connectivity index is 2.12. The summed E-state index contributed by atoms with van der Waals surface area (Å²) in [5.74, 6) is 1.90. The van der Waals surface area contributed by atoms with E-state index in [0.717, 1.165) is 16.6 Å². The summed E-state index contributed by atoms with van der Waals surface area (Å²) in [5, 5.41) is 3.89. The van der Waals surface area contributed by atoms with Gasteiger partial charge in [0.2, 0.25) is 11.7 Å². The van der Waals surface area contributed by atoms with E-state index in [2.05, 4.69) is 31.1 Å². The summed E-state index contributed by atoms with van der Waals surface area (Å²) in [7, 11) is 0. The number of hydrogen-bond donors (Lipinski definition) is 1. The van der Waals surface area contributed by atoms with Gasteiger partial charge in [-0.3, -0.25) is 4.98 Å². The van der Waals surface area contributed by atoms with Crippen molar-refractivity contribution in [2.24, 2.45) is 5.73 Å². The molecule has 2 aromatic heterocycles. The van der Waals surface area contributed by atoms with Gasteiger partial charge in [-0.05, 0) is 46.5 Å². The molecule has 2 heterocycles. The lowest BCUT2D eigenvalue weighted by Gasteiger charge is -2.03. The maximum Gasteiger partial charge on any atom is 0.243 e. The molecule has 0 saturated carbocycles. The molecular weight excluding hydrogens is 316 g/mol. The third kappa shape index (κ3) is 3.30. The molecule has 0 bridgehead atoms. The van der Waals surface area contributed by atoms with Crippen molar-refractivity contribution in [2.75, 3.05) is 12.0 Å². The third-order valence-electron chi connectivity index (χ3n) is 2.35. The Morgan fingerprint density at radius 1 is 1.50 bits per heavy atom. The molecule has 2 aromatic rings. The molecule has 0 radical (unpaired) electrons. The van der Waals surface area contributed by atoms with E-state index in [1.54, 1.807) is 18.0 Å². The number of hydrogen-bond acceptors (Lipinski definition) is 6. The summed E-state index contributed by atoms with van der Waals surface area (Å²) in [5.41, 5.74) is 6.63. The van der Waals surface area contributed by atoms with Crippen LogP contribution in [0.25, 0.3) is 11.5 Å². The molecule has 0 aromatic carbocycles. The highest BCUT2D eigenvalue weighted by atomic mass is 79.9. The SMILES string of the molecule is CSCCC(N)c1nc(-c2ccc(Br)cn2)no1. The Kier molecular flexibility index (Phi) is 4.73. The van der Waals surface area contributed by atoms with Crippen LogP contribution in [-0.4, -0.2) is 27.1 Å². The predicted molar refractivity (Wildman–Crippen MR) is 75.2 cm³/mol. The lowest BCUT2D eigenvalue weighted by atomic mass is 10.2. The molecule has 1 unspecified atom stereocenters. The number of rotatable bonds is 5. The first-order chi connectivity index (χ1) is 8.70. The van der Waals surface area contributed by atoms with Crippen LogP contribution in [0.15, 0.2) is 27.3 Å². The fourth-order valence-corrected chi connectivity index (χ4v) is 2.09. The second kappa shape index (κ2) is 6.31. The molecule has 0 fully saturated rings. The Morgan fingerprint density at radius 3 is 3.00 bits per heavy atom. The van der Waals surface area contributed by atoms with E-state index in [1.165, 1.54) is 0 Å². The normalized spacial score (nSPS) is 12.6. The molecule has 0 spiro atoms. The summed E-state index contributed by atoms with van der Waals surface area (Å²) >= 11 is 5.07. The van der Waals surface area contributed by atoms with Crippen molar-refractivity contribution < 1.29 is 4.52 Å². The van der Waals surface area contributed by atoms with Gasteiger partial charge >= 0.3 is 0 Å². The van der Waals surface area contributed by atoms with Crippen molar-refractivity contribution in [1.29, 1.82) is 0 Å². The van der Waals surface area contributed by atoms with Crippen molar-refractivity contribution in [3.05, 3.63) is 28.7 Å². The average molecular weight is 329 g/mol. The van der Waals surface area contributed by atoms with Gasteiger partial charge in [0.1, 0.15) is 5.69 Å². The lowest BCUT2D eigenvalue weighted by molar-refractivity contribution is 0.353. The van der Waals surface area contributed by atoms with Crippen molar-refractivity contribution in [1.82, 2.24) is 15.1 Å². The maximum atomic E-state index is 5.96. The molecule has 0 aliphatic rings. The molecule has 0 amide bonds. The van der Waals surface area contributed by atoms with E-state index in [1.807, 2.05) is 18.4 Å². The zero-order chi connectivity index (χ0) is 13.0. The Morgan fingerprint density at radius 2 is 2.33 bits per heavy atom. The minimum Gasteiger partial charge on any atom is -0.337 e. The van der Waals surface area contributed by atoms with Gasteiger partial charge in [0.25, 0.3) is 0 Å². The number of aromatic nitrogens is 3. The molecule has 2 N–H and O–H groups in total.